The van der Waals surface area contributed by atoms with Crippen LogP contribution in [-0.4, -0.2) is 37.4 Å². The molecule has 2 aromatic carbocycles. The summed E-state index contributed by atoms with van der Waals surface area (Å²) in [6.07, 6.45) is 0.408. The molecule has 0 fully saturated rings. The van der Waals surface area contributed by atoms with Crippen molar-refractivity contribution in [1.29, 1.82) is 0 Å². The molecule has 0 aromatic heterocycles. The van der Waals surface area contributed by atoms with Gasteiger partial charge < -0.3 is 15.5 Å². The predicted octanol–water partition coefficient (Wildman–Crippen LogP) is 2.40. The topological polar surface area (TPSA) is 56.7 Å². The quantitative estimate of drug-likeness (QED) is 0.602. The van der Waals surface area contributed by atoms with E-state index in [1.54, 1.807) is 0 Å². The van der Waals surface area contributed by atoms with Crippen LogP contribution in [0.5, 0.6) is 0 Å². The Hall–Kier alpha value is -2.82. The number of carbonyl (C=O) groups excluding carboxylic acids is 1. The second kappa shape index (κ2) is 10.1. The normalized spacial score (nSPS) is 11.0. The molecule has 0 spiro atoms. The third-order valence-electron chi connectivity index (χ3n) is 3.65. The summed E-state index contributed by atoms with van der Waals surface area (Å²) in [5.74, 6) is 0.803. The van der Waals surface area contributed by atoms with E-state index in [-0.39, 0.29) is 5.91 Å². The molecular weight excluding hydrogens is 312 g/mol. The monoisotopic (exact) mass is 338 g/mol. The van der Waals surface area contributed by atoms with Crippen LogP contribution in [0.25, 0.3) is 0 Å². The van der Waals surface area contributed by atoms with E-state index < -0.39 is 0 Å². The van der Waals surface area contributed by atoms with E-state index >= 15 is 0 Å². The van der Waals surface area contributed by atoms with Crippen LogP contribution in [0.1, 0.15) is 17.5 Å². The second-order valence-electron chi connectivity index (χ2n) is 5.96. The van der Waals surface area contributed by atoms with Gasteiger partial charge >= 0.3 is 0 Å². The Bertz CT molecular complexity index is 669. The van der Waals surface area contributed by atoms with Gasteiger partial charge in [0.1, 0.15) is 0 Å². The van der Waals surface area contributed by atoms with Gasteiger partial charge in [-0.3, -0.25) is 4.79 Å². The van der Waals surface area contributed by atoms with Crippen molar-refractivity contribution in [3.8, 4) is 0 Å². The maximum absolute atomic E-state index is 11.9. The van der Waals surface area contributed by atoms with E-state index in [1.807, 2.05) is 79.7 Å². The molecule has 5 nitrogen and oxygen atoms in total. The Morgan fingerprint density at radius 3 is 2.12 bits per heavy atom. The lowest BCUT2D eigenvalue weighted by Gasteiger charge is -2.17. The van der Waals surface area contributed by atoms with Crippen molar-refractivity contribution in [3.63, 3.8) is 0 Å². The molecule has 0 radical (unpaired) electrons. The molecule has 0 bridgehead atoms. The molecule has 0 aliphatic rings. The fourth-order valence-electron chi connectivity index (χ4n) is 2.28. The lowest BCUT2D eigenvalue weighted by Crippen LogP contribution is -2.38. The molecule has 0 saturated carbocycles. The summed E-state index contributed by atoms with van der Waals surface area (Å²) in [4.78, 5) is 18.4. The zero-order valence-electron chi connectivity index (χ0n) is 14.9. The van der Waals surface area contributed by atoms with E-state index in [0.29, 0.717) is 26.1 Å². The van der Waals surface area contributed by atoms with E-state index in [1.165, 1.54) is 0 Å². The number of aliphatic imine (C=N–C) groups is 1. The minimum absolute atomic E-state index is 0.0255. The van der Waals surface area contributed by atoms with Crippen LogP contribution in [0.4, 0.5) is 0 Å². The van der Waals surface area contributed by atoms with Crippen molar-refractivity contribution >= 4 is 11.9 Å². The van der Waals surface area contributed by atoms with Crippen LogP contribution >= 0.6 is 0 Å². The molecule has 0 aliphatic carbocycles. The van der Waals surface area contributed by atoms with Gasteiger partial charge in [0, 0.05) is 33.6 Å². The van der Waals surface area contributed by atoms with E-state index in [2.05, 4.69) is 15.6 Å². The maximum Gasteiger partial charge on any atom is 0.222 e. The number of hydrogen-bond donors (Lipinski definition) is 2. The van der Waals surface area contributed by atoms with Crippen molar-refractivity contribution in [2.45, 2.75) is 19.5 Å². The zero-order chi connectivity index (χ0) is 17.9. The van der Waals surface area contributed by atoms with Crippen LogP contribution in [0, 0.1) is 0 Å². The lowest BCUT2D eigenvalue weighted by molar-refractivity contribution is -0.121. The van der Waals surface area contributed by atoms with E-state index in [0.717, 1.165) is 17.1 Å². The standard InChI is InChI=1S/C20H26N4O/c1-24(2)20(23-16-18-11-7-4-8-12-18)21-14-13-19(25)22-15-17-9-5-3-6-10-17/h3-12H,13-16H2,1-2H3,(H,21,23)(H,22,25). The summed E-state index contributed by atoms with van der Waals surface area (Å²) in [5, 5.41) is 6.16. The van der Waals surface area contributed by atoms with Crippen molar-refractivity contribution in [2.24, 2.45) is 4.99 Å². The van der Waals surface area contributed by atoms with Crippen LogP contribution in [0.15, 0.2) is 65.7 Å². The van der Waals surface area contributed by atoms with Gasteiger partial charge in [-0.15, -0.1) is 0 Å². The number of rotatable bonds is 7. The molecule has 0 saturated heterocycles. The summed E-state index contributed by atoms with van der Waals surface area (Å²) in [5.41, 5.74) is 2.26. The van der Waals surface area contributed by atoms with Crippen molar-refractivity contribution < 1.29 is 4.79 Å². The van der Waals surface area contributed by atoms with Crippen molar-refractivity contribution in [2.75, 3.05) is 20.6 Å². The SMILES string of the molecule is CN(C)C(=NCc1ccccc1)NCCC(=O)NCc1ccccc1. The first-order chi connectivity index (χ1) is 12.1. The number of guanidine groups is 1. The molecule has 1 amide bonds. The molecular formula is C20H26N4O. The van der Waals surface area contributed by atoms with Gasteiger partial charge in [-0.1, -0.05) is 60.7 Å². The van der Waals surface area contributed by atoms with Gasteiger partial charge in [0.05, 0.1) is 6.54 Å². The van der Waals surface area contributed by atoms with Crippen molar-refractivity contribution in [1.82, 2.24) is 15.5 Å². The zero-order valence-corrected chi connectivity index (χ0v) is 14.9. The number of carbonyl (C=O) groups is 1. The smallest absolute Gasteiger partial charge is 0.222 e. The highest BCUT2D eigenvalue weighted by Crippen LogP contribution is 2.01. The number of benzene rings is 2. The average Bonchev–Trinajstić information content (AvgIpc) is 2.64. The highest BCUT2D eigenvalue weighted by molar-refractivity contribution is 5.81. The van der Waals surface area contributed by atoms with Crippen molar-refractivity contribution in [3.05, 3.63) is 71.8 Å². The third kappa shape index (κ3) is 7.08. The minimum atomic E-state index is 0.0255. The molecule has 0 heterocycles. The van der Waals surface area contributed by atoms with Gasteiger partial charge in [-0.2, -0.15) is 0 Å². The Balaban J connectivity index is 1.74. The molecule has 25 heavy (non-hydrogen) atoms. The summed E-state index contributed by atoms with van der Waals surface area (Å²) < 4.78 is 0. The Morgan fingerprint density at radius 1 is 0.920 bits per heavy atom. The first-order valence-corrected chi connectivity index (χ1v) is 8.45. The number of hydrogen-bond acceptors (Lipinski definition) is 2. The van der Waals surface area contributed by atoms with Gasteiger partial charge in [-0.25, -0.2) is 4.99 Å². The molecule has 0 unspecified atom stereocenters. The second-order valence-corrected chi connectivity index (χ2v) is 5.96. The number of nitrogens with zero attached hydrogens (tertiary/aromatic N) is 2. The molecule has 2 aromatic rings. The number of nitrogens with one attached hydrogen (secondary N) is 2. The van der Waals surface area contributed by atoms with Gasteiger partial charge in [0.15, 0.2) is 5.96 Å². The third-order valence-corrected chi connectivity index (χ3v) is 3.65. The van der Waals surface area contributed by atoms with Crippen LogP contribution in [-0.2, 0) is 17.9 Å². The Labute approximate surface area is 149 Å². The average molecular weight is 338 g/mol. The van der Waals surface area contributed by atoms with Gasteiger partial charge in [0.2, 0.25) is 5.91 Å². The summed E-state index contributed by atoms with van der Waals surface area (Å²) in [6, 6.07) is 20.0. The van der Waals surface area contributed by atoms with Crippen LogP contribution in [0.2, 0.25) is 0 Å². The van der Waals surface area contributed by atoms with Gasteiger partial charge in [0.25, 0.3) is 0 Å². The summed E-state index contributed by atoms with van der Waals surface area (Å²) >= 11 is 0. The van der Waals surface area contributed by atoms with Crippen LogP contribution < -0.4 is 10.6 Å². The first-order valence-electron chi connectivity index (χ1n) is 8.45. The molecule has 0 aliphatic heterocycles. The molecule has 2 rings (SSSR count). The molecule has 0 atom stereocenters. The minimum Gasteiger partial charge on any atom is -0.356 e. The molecule has 5 heteroatoms. The van der Waals surface area contributed by atoms with Gasteiger partial charge in [-0.05, 0) is 11.1 Å². The fourth-order valence-corrected chi connectivity index (χ4v) is 2.28. The highest BCUT2D eigenvalue weighted by Gasteiger charge is 2.05. The lowest BCUT2D eigenvalue weighted by atomic mass is 10.2. The fraction of sp³-hybridized carbons (Fsp3) is 0.300. The maximum atomic E-state index is 11.9. The molecule has 2 N–H and O–H groups in total. The molecule has 132 valence electrons. The summed E-state index contributed by atoms with van der Waals surface area (Å²) in [7, 11) is 3.87. The predicted molar refractivity (Wildman–Crippen MR) is 102 cm³/mol. The van der Waals surface area contributed by atoms with E-state index in [4.69, 9.17) is 0 Å². The highest BCUT2D eigenvalue weighted by atomic mass is 16.1. The van der Waals surface area contributed by atoms with Crippen LogP contribution in [0.3, 0.4) is 0 Å². The number of amides is 1. The Morgan fingerprint density at radius 2 is 1.52 bits per heavy atom. The van der Waals surface area contributed by atoms with E-state index in [9.17, 15) is 4.79 Å². The summed E-state index contributed by atoms with van der Waals surface area (Å²) in [6.45, 7) is 1.72. The Kier molecular flexibility index (Phi) is 7.50. The largest absolute Gasteiger partial charge is 0.356 e. The first kappa shape index (κ1) is 18.5.